The van der Waals surface area contributed by atoms with Crippen molar-refractivity contribution >= 4 is 67.9 Å². The normalized spacial score (nSPS) is 5.55. The van der Waals surface area contributed by atoms with Gasteiger partial charge in [0.1, 0.15) is 0 Å². The lowest BCUT2D eigenvalue weighted by Gasteiger charge is -1.82. The van der Waals surface area contributed by atoms with E-state index in [1.165, 1.54) is 0 Å². The zero-order valence-electron chi connectivity index (χ0n) is 5.89. The molecule has 1 aromatic heterocycles. The summed E-state index contributed by atoms with van der Waals surface area (Å²) < 4.78 is 0. The fourth-order valence-electron chi connectivity index (χ4n) is 0.448. The van der Waals surface area contributed by atoms with Gasteiger partial charge in [0.05, 0.1) is 0 Å². The fourth-order valence-corrected chi connectivity index (χ4v) is 0.448. The zero-order chi connectivity index (χ0) is 5.11. The van der Waals surface area contributed by atoms with Gasteiger partial charge in [0.25, 0.3) is 0 Å². The third-order valence-corrected chi connectivity index (χ3v) is 0.813. The van der Waals surface area contributed by atoms with Crippen LogP contribution in [-0.4, -0.2) is 4.98 Å². The van der Waals surface area contributed by atoms with E-state index in [9.17, 15) is 0 Å². The van der Waals surface area contributed by atoms with Gasteiger partial charge in [-0.2, -0.15) is 0 Å². The second-order valence-corrected chi connectivity index (χ2v) is 1.47. The zero-order valence-corrected chi connectivity index (χ0v) is 12.7. The van der Waals surface area contributed by atoms with Gasteiger partial charge in [-0.3, -0.25) is 4.98 Å². The van der Waals surface area contributed by atoms with Crippen LogP contribution in [-0.2, 0) is 0 Å². The highest BCUT2D eigenvalue weighted by atomic mass is 79.9. The molecular weight excluding hydrogens is 406 g/mol. The van der Waals surface area contributed by atoms with E-state index in [2.05, 4.69) is 4.98 Å². The Kier molecular flexibility index (Phi) is 28.2. The summed E-state index contributed by atoms with van der Waals surface area (Å²) in [7, 11) is 0. The molecule has 11 heavy (non-hydrogen) atoms. The van der Waals surface area contributed by atoms with Gasteiger partial charge in [0.15, 0.2) is 0 Å². The van der Waals surface area contributed by atoms with Crippen LogP contribution in [0.2, 0.25) is 0 Å². The van der Waals surface area contributed by atoms with E-state index in [0.29, 0.717) is 0 Å². The van der Waals surface area contributed by atoms with Gasteiger partial charge in [0, 0.05) is 11.9 Å². The Bertz CT molecular complexity index is 145. The lowest BCUT2D eigenvalue weighted by Crippen LogP contribution is -1.72. The van der Waals surface area contributed by atoms with Crippen LogP contribution >= 0.6 is 67.9 Å². The second kappa shape index (κ2) is 13.6. The quantitative estimate of drug-likeness (QED) is 0.628. The summed E-state index contributed by atoms with van der Waals surface area (Å²) >= 11 is 0. The number of aromatic nitrogens is 1. The summed E-state index contributed by atoms with van der Waals surface area (Å²) in [5, 5.41) is 0. The number of hydrogen-bond acceptors (Lipinski definition) is 1. The first kappa shape index (κ1) is 22.7. The van der Waals surface area contributed by atoms with E-state index in [-0.39, 0.29) is 67.9 Å². The van der Waals surface area contributed by atoms with Crippen molar-refractivity contribution in [1.29, 1.82) is 0 Å². The highest BCUT2D eigenvalue weighted by Crippen LogP contribution is 1.85. The first-order valence-corrected chi connectivity index (χ1v) is 2.27. The van der Waals surface area contributed by atoms with Gasteiger partial charge in [-0.25, -0.2) is 0 Å². The predicted octanol–water partition coefficient (Wildman–Crippen LogP) is 3.70. The molecule has 0 N–H and O–H groups in total. The second-order valence-electron chi connectivity index (χ2n) is 1.47. The maximum Gasteiger partial charge on any atom is 0.0372 e. The Morgan fingerprint density at radius 1 is 1.00 bits per heavy atom. The molecular formula is C6H11Br4N. The highest BCUT2D eigenvalue weighted by Gasteiger charge is 1.73. The minimum Gasteiger partial charge on any atom is -0.262 e. The minimum absolute atomic E-state index is 0. The average molecular weight is 417 g/mol. The van der Waals surface area contributed by atoms with Crippen molar-refractivity contribution in [2.75, 3.05) is 0 Å². The molecule has 0 aliphatic rings. The molecule has 0 unspecified atom stereocenters. The monoisotopic (exact) mass is 413 g/mol. The summed E-state index contributed by atoms with van der Waals surface area (Å²) in [5.74, 6) is 0. The molecule has 0 saturated carbocycles. The molecule has 68 valence electrons. The molecule has 0 aliphatic heterocycles. The molecule has 0 radical (unpaired) electrons. The first-order valence-electron chi connectivity index (χ1n) is 2.27. The standard InChI is InChI=1S/C6H7N.4BrH/c1-6-4-2-3-5-7-6;;;;/h2-5H,1H3;4*1H. The molecule has 0 atom stereocenters. The maximum absolute atomic E-state index is 3.98. The summed E-state index contributed by atoms with van der Waals surface area (Å²) in [5.41, 5.74) is 1.07. The van der Waals surface area contributed by atoms with Gasteiger partial charge >= 0.3 is 0 Å². The number of rotatable bonds is 0. The van der Waals surface area contributed by atoms with Crippen LogP contribution in [0.4, 0.5) is 0 Å². The van der Waals surface area contributed by atoms with Crippen LogP contribution < -0.4 is 0 Å². The van der Waals surface area contributed by atoms with Crippen molar-refractivity contribution in [1.82, 2.24) is 4.98 Å². The first-order chi connectivity index (χ1) is 3.39. The Balaban J connectivity index is -0.0000000612. The van der Waals surface area contributed by atoms with E-state index in [1.54, 1.807) is 6.20 Å². The molecule has 1 rings (SSSR count). The Morgan fingerprint density at radius 3 is 1.73 bits per heavy atom. The molecule has 1 aromatic rings. The van der Waals surface area contributed by atoms with Crippen molar-refractivity contribution in [3.05, 3.63) is 30.1 Å². The van der Waals surface area contributed by atoms with Gasteiger partial charge in [-0.15, -0.1) is 67.9 Å². The Morgan fingerprint density at radius 2 is 1.55 bits per heavy atom. The van der Waals surface area contributed by atoms with Gasteiger partial charge in [-0.1, -0.05) is 6.07 Å². The number of nitrogens with zero attached hydrogens (tertiary/aromatic N) is 1. The predicted molar refractivity (Wildman–Crippen MR) is 70.3 cm³/mol. The number of halogens is 4. The molecule has 5 heteroatoms. The van der Waals surface area contributed by atoms with Crippen molar-refractivity contribution < 1.29 is 0 Å². The Labute approximate surface area is 109 Å². The number of aryl methyl sites for hydroxylation is 1. The SMILES string of the molecule is Br.Br.Br.Br.Cc1ccccn1. The topological polar surface area (TPSA) is 12.9 Å². The van der Waals surface area contributed by atoms with E-state index in [0.717, 1.165) is 5.69 Å². The molecule has 0 saturated heterocycles. The molecule has 0 aromatic carbocycles. The third-order valence-electron chi connectivity index (χ3n) is 0.813. The third kappa shape index (κ3) is 11.1. The van der Waals surface area contributed by atoms with Crippen LogP contribution in [0, 0.1) is 6.92 Å². The highest BCUT2D eigenvalue weighted by molar-refractivity contribution is 8.93. The largest absolute Gasteiger partial charge is 0.262 e. The number of pyridine rings is 1. The average Bonchev–Trinajstić information content (AvgIpc) is 1.69. The van der Waals surface area contributed by atoms with Crippen LogP contribution in [0.1, 0.15) is 5.69 Å². The van der Waals surface area contributed by atoms with Crippen molar-refractivity contribution in [2.24, 2.45) is 0 Å². The lowest BCUT2D eigenvalue weighted by atomic mass is 10.4. The Hall–Kier alpha value is 1.07. The van der Waals surface area contributed by atoms with E-state index < -0.39 is 0 Å². The molecule has 0 aliphatic carbocycles. The molecule has 1 nitrogen and oxygen atoms in total. The van der Waals surface area contributed by atoms with Crippen LogP contribution in [0.3, 0.4) is 0 Å². The van der Waals surface area contributed by atoms with Crippen molar-refractivity contribution in [3.8, 4) is 0 Å². The molecule has 1 heterocycles. The molecule has 0 fully saturated rings. The number of hydrogen-bond donors (Lipinski definition) is 0. The maximum atomic E-state index is 3.98. The molecule has 0 spiro atoms. The van der Waals surface area contributed by atoms with Crippen LogP contribution in [0.5, 0.6) is 0 Å². The summed E-state index contributed by atoms with van der Waals surface area (Å²) in [4.78, 5) is 3.98. The van der Waals surface area contributed by atoms with E-state index >= 15 is 0 Å². The van der Waals surface area contributed by atoms with Gasteiger partial charge in [-0.05, 0) is 19.1 Å². The summed E-state index contributed by atoms with van der Waals surface area (Å²) in [6, 6.07) is 5.86. The minimum atomic E-state index is 0. The van der Waals surface area contributed by atoms with E-state index in [4.69, 9.17) is 0 Å². The van der Waals surface area contributed by atoms with Crippen LogP contribution in [0.25, 0.3) is 0 Å². The fraction of sp³-hybridized carbons (Fsp3) is 0.167. The van der Waals surface area contributed by atoms with E-state index in [1.807, 2.05) is 25.1 Å². The summed E-state index contributed by atoms with van der Waals surface area (Å²) in [6.45, 7) is 1.97. The van der Waals surface area contributed by atoms with Gasteiger partial charge < -0.3 is 0 Å². The summed E-state index contributed by atoms with van der Waals surface area (Å²) in [6.07, 6.45) is 1.79. The van der Waals surface area contributed by atoms with Crippen LogP contribution in [0.15, 0.2) is 24.4 Å². The molecule has 0 amide bonds. The van der Waals surface area contributed by atoms with Crippen molar-refractivity contribution in [3.63, 3.8) is 0 Å². The van der Waals surface area contributed by atoms with Gasteiger partial charge in [0.2, 0.25) is 0 Å². The van der Waals surface area contributed by atoms with Crippen molar-refractivity contribution in [2.45, 2.75) is 6.92 Å². The smallest absolute Gasteiger partial charge is 0.0372 e. The molecule has 0 bridgehead atoms. The lowest BCUT2D eigenvalue weighted by molar-refractivity contribution is 1.20.